The number of hydrogen-bond acceptors (Lipinski definition) is 4. The van der Waals surface area contributed by atoms with E-state index < -0.39 is 27.3 Å². The summed E-state index contributed by atoms with van der Waals surface area (Å²) in [5.74, 6) is -1.02. The topological polar surface area (TPSA) is 97.5 Å². The molecule has 1 heterocycles. The van der Waals surface area contributed by atoms with Crippen LogP contribution in [0.5, 0.6) is 0 Å². The molecule has 82 valence electrons. The van der Waals surface area contributed by atoms with Crippen molar-refractivity contribution in [3.8, 4) is 0 Å². The zero-order valence-corrected chi connectivity index (χ0v) is 8.88. The Balaban J connectivity index is 2.91. The lowest BCUT2D eigenvalue weighted by Gasteiger charge is -2.29. The second-order valence-electron chi connectivity index (χ2n) is 4.06. The van der Waals surface area contributed by atoms with Crippen molar-refractivity contribution in [1.29, 1.82) is 0 Å². The lowest BCUT2D eigenvalue weighted by molar-refractivity contribution is -0.139. The van der Waals surface area contributed by atoms with Crippen LogP contribution >= 0.6 is 0 Å². The van der Waals surface area contributed by atoms with Crippen LogP contribution < -0.4 is 5.73 Å². The molecule has 0 aliphatic carbocycles. The van der Waals surface area contributed by atoms with Crippen molar-refractivity contribution in [2.45, 2.75) is 25.8 Å². The van der Waals surface area contributed by atoms with Gasteiger partial charge in [0.25, 0.3) is 0 Å². The lowest BCUT2D eigenvalue weighted by Crippen LogP contribution is -2.42. The first kappa shape index (κ1) is 11.5. The van der Waals surface area contributed by atoms with Crippen LogP contribution in [0.15, 0.2) is 0 Å². The highest BCUT2D eigenvalue weighted by atomic mass is 32.2. The average Bonchev–Trinajstić information content (AvgIpc) is 2.26. The first-order valence-electron chi connectivity index (χ1n) is 4.45. The minimum atomic E-state index is -3.09. The van der Waals surface area contributed by atoms with Crippen LogP contribution in [-0.4, -0.2) is 37.0 Å². The van der Waals surface area contributed by atoms with Crippen molar-refractivity contribution < 1.29 is 18.3 Å². The summed E-state index contributed by atoms with van der Waals surface area (Å²) in [6.45, 7) is 1.67. The Morgan fingerprint density at radius 3 is 2.50 bits per heavy atom. The first-order chi connectivity index (χ1) is 6.27. The van der Waals surface area contributed by atoms with E-state index in [0.29, 0.717) is 6.42 Å². The van der Waals surface area contributed by atoms with Gasteiger partial charge in [-0.15, -0.1) is 0 Å². The number of carbonyl (C=O) groups is 1. The molecule has 1 aliphatic rings. The third-order valence-electron chi connectivity index (χ3n) is 2.89. The fraction of sp³-hybridized carbons (Fsp3) is 0.875. The van der Waals surface area contributed by atoms with E-state index in [0.717, 1.165) is 0 Å². The van der Waals surface area contributed by atoms with E-state index in [1.54, 1.807) is 6.92 Å². The standard InChI is InChI=1S/C8H15NO4S/c1-6(9)8(4-7(10)11)2-3-14(12,13)5-8/h6H,2-5,9H2,1H3,(H,10,11). The number of aliphatic carboxylic acids is 1. The Morgan fingerprint density at radius 1 is 1.64 bits per heavy atom. The summed E-state index contributed by atoms with van der Waals surface area (Å²) in [6.07, 6.45) is 0.198. The number of hydrogen-bond donors (Lipinski definition) is 2. The van der Waals surface area contributed by atoms with E-state index in [-0.39, 0.29) is 17.9 Å². The van der Waals surface area contributed by atoms with Crippen LogP contribution in [0.3, 0.4) is 0 Å². The van der Waals surface area contributed by atoms with E-state index in [9.17, 15) is 13.2 Å². The Hall–Kier alpha value is -0.620. The molecule has 1 fully saturated rings. The highest BCUT2D eigenvalue weighted by Gasteiger charge is 2.46. The van der Waals surface area contributed by atoms with Crippen LogP contribution in [0, 0.1) is 5.41 Å². The molecule has 3 N–H and O–H groups in total. The molecular formula is C8H15NO4S. The molecule has 0 aromatic heterocycles. The number of nitrogens with two attached hydrogens (primary N) is 1. The lowest BCUT2D eigenvalue weighted by atomic mass is 9.78. The predicted octanol–water partition coefficient (Wildman–Crippen LogP) is -0.387. The van der Waals surface area contributed by atoms with Crippen LogP contribution in [0.1, 0.15) is 19.8 Å². The number of rotatable bonds is 3. The van der Waals surface area contributed by atoms with E-state index in [4.69, 9.17) is 10.8 Å². The monoisotopic (exact) mass is 221 g/mol. The zero-order chi connectivity index (χ0) is 11.0. The second kappa shape index (κ2) is 3.51. The van der Waals surface area contributed by atoms with Gasteiger partial charge in [0.05, 0.1) is 17.9 Å². The zero-order valence-electron chi connectivity index (χ0n) is 8.06. The van der Waals surface area contributed by atoms with Crippen LogP contribution in [-0.2, 0) is 14.6 Å². The molecule has 0 spiro atoms. The van der Waals surface area contributed by atoms with Gasteiger partial charge in [-0.25, -0.2) is 8.42 Å². The maximum Gasteiger partial charge on any atom is 0.304 e. The SMILES string of the molecule is CC(N)C1(CC(=O)O)CCS(=O)(=O)C1. The predicted molar refractivity (Wildman–Crippen MR) is 51.6 cm³/mol. The minimum absolute atomic E-state index is 0.0574. The highest BCUT2D eigenvalue weighted by Crippen LogP contribution is 2.38. The molecule has 1 aliphatic heterocycles. The summed E-state index contributed by atoms with van der Waals surface area (Å²) < 4.78 is 22.6. The van der Waals surface area contributed by atoms with Crippen LogP contribution in [0.25, 0.3) is 0 Å². The van der Waals surface area contributed by atoms with Gasteiger partial charge in [0.15, 0.2) is 9.84 Å². The van der Waals surface area contributed by atoms with Crippen molar-refractivity contribution in [2.75, 3.05) is 11.5 Å². The molecular weight excluding hydrogens is 206 g/mol. The fourth-order valence-electron chi connectivity index (χ4n) is 1.90. The summed E-state index contributed by atoms with van der Waals surface area (Å²) in [6, 6.07) is -0.407. The van der Waals surface area contributed by atoms with Crippen molar-refractivity contribution >= 4 is 15.8 Å². The second-order valence-corrected chi connectivity index (χ2v) is 6.25. The van der Waals surface area contributed by atoms with Gasteiger partial charge in [-0.1, -0.05) is 0 Å². The maximum absolute atomic E-state index is 11.3. The molecule has 0 amide bonds. The molecule has 1 saturated heterocycles. The Bertz CT molecular complexity index is 335. The van der Waals surface area contributed by atoms with Gasteiger partial charge >= 0.3 is 5.97 Å². The molecule has 2 atom stereocenters. The molecule has 6 heteroatoms. The van der Waals surface area contributed by atoms with Gasteiger partial charge in [0.1, 0.15) is 0 Å². The highest BCUT2D eigenvalue weighted by molar-refractivity contribution is 7.91. The fourth-order valence-corrected chi connectivity index (χ4v) is 4.15. The smallest absolute Gasteiger partial charge is 0.304 e. The number of sulfone groups is 1. The van der Waals surface area contributed by atoms with Gasteiger partial charge in [0.2, 0.25) is 0 Å². The normalized spacial score (nSPS) is 32.7. The Labute approximate surface area is 83.2 Å². The first-order valence-corrected chi connectivity index (χ1v) is 6.27. The van der Waals surface area contributed by atoms with Crippen molar-refractivity contribution in [2.24, 2.45) is 11.1 Å². The maximum atomic E-state index is 11.3. The molecule has 0 radical (unpaired) electrons. The van der Waals surface area contributed by atoms with Gasteiger partial charge < -0.3 is 10.8 Å². The van der Waals surface area contributed by atoms with Gasteiger partial charge in [-0.3, -0.25) is 4.79 Å². The van der Waals surface area contributed by atoms with Gasteiger partial charge in [0, 0.05) is 11.5 Å². The van der Waals surface area contributed by atoms with E-state index in [2.05, 4.69) is 0 Å². The molecule has 2 unspecified atom stereocenters. The number of carboxylic acid groups (broad SMARTS) is 1. The summed E-state index contributed by atoms with van der Waals surface area (Å²) in [5, 5.41) is 8.71. The van der Waals surface area contributed by atoms with Crippen molar-refractivity contribution in [3.63, 3.8) is 0 Å². The number of carboxylic acids is 1. The van der Waals surface area contributed by atoms with Crippen molar-refractivity contribution in [1.82, 2.24) is 0 Å². The third kappa shape index (κ3) is 2.24. The van der Waals surface area contributed by atoms with Crippen LogP contribution in [0.2, 0.25) is 0 Å². The van der Waals surface area contributed by atoms with E-state index in [1.165, 1.54) is 0 Å². The molecule has 0 bridgehead atoms. The van der Waals surface area contributed by atoms with Crippen molar-refractivity contribution in [3.05, 3.63) is 0 Å². The summed E-state index contributed by atoms with van der Waals surface area (Å²) in [7, 11) is -3.09. The van der Waals surface area contributed by atoms with Crippen LogP contribution in [0.4, 0.5) is 0 Å². The largest absolute Gasteiger partial charge is 0.481 e. The molecule has 1 rings (SSSR count). The third-order valence-corrected chi connectivity index (χ3v) is 4.73. The van der Waals surface area contributed by atoms with Gasteiger partial charge in [-0.05, 0) is 13.3 Å². The van der Waals surface area contributed by atoms with E-state index in [1.807, 2.05) is 0 Å². The molecule has 14 heavy (non-hydrogen) atoms. The molecule has 5 nitrogen and oxygen atoms in total. The Kier molecular flexibility index (Phi) is 2.87. The average molecular weight is 221 g/mol. The molecule has 0 aromatic rings. The quantitative estimate of drug-likeness (QED) is 0.676. The van der Waals surface area contributed by atoms with Gasteiger partial charge in [-0.2, -0.15) is 0 Å². The molecule has 0 saturated carbocycles. The summed E-state index contributed by atoms with van der Waals surface area (Å²) >= 11 is 0. The minimum Gasteiger partial charge on any atom is -0.481 e. The Morgan fingerprint density at radius 2 is 2.21 bits per heavy atom. The summed E-state index contributed by atoms with van der Waals surface area (Å²) in [4.78, 5) is 10.6. The molecule has 0 aromatic carbocycles. The summed E-state index contributed by atoms with van der Waals surface area (Å²) in [5.41, 5.74) is 4.92. The van der Waals surface area contributed by atoms with E-state index >= 15 is 0 Å².